The summed E-state index contributed by atoms with van der Waals surface area (Å²) in [4.78, 5) is 20.1. The number of hydrogen-bond acceptors (Lipinski definition) is 4. The summed E-state index contributed by atoms with van der Waals surface area (Å²) in [7, 11) is 0. The zero-order valence-corrected chi connectivity index (χ0v) is 7.39. The highest BCUT2D eigenvalue weighted by Gasteiger charge is 2.19. The van der Waals surface area contributed by atoms with Crippen LogP contribution in [0.5, 0.6) is 0 Å². The maximum atomic E-state index is 10.1. The summed E-state index contributed by atoms with van der Waals surface area (Å²) in [6, 6.07) is 0. The minimum Gasteiger partial charge on any atom is -0.450 e. The molecule has 0 heterocycles. The van der Waals surface area contributed by atoms with Gasteiger partial charge < -0.3 is 19.7 Å². The molecule has 0 aromatic heterocycles. The van der Waals surface area contributed by atoms with Crippen molar-refractivity contribution in [3.63, 3.8) is 0 Å². The van der Waals surface area contributed by atoms with E-state index in [0.29, 0.717) is 0 Å². The Morgan fingerprint density at radius 1 is 1.23 bits per heavy atom. The van der Waals surface area contributed by atoms with Crippen LogP contribution in [0.4, 0.5) is 9.59 Å². The SMILES string of the molecule is CC(C)C(COC(=O)O)OC(=O)O. The minimum absolute atomic E-state index is 0.129. The van der Waals surface area contributed by atoms with Gasteiger partial charge in [0.2, 0.25) is 0 Å². The van der Waals surface area contributed by atoms with Gasteiger partial charge in [0.25, 0.3) is 0 Å². The molecule has 0 saturated heterocycles. The zero-order valence-electron chi connectivity index (χ0n) is 7.39. The lowest BCUT2D eigenvalue weighted by atomic mass is 10.1. The highest BCUT2D eigenvalue weighted by molar-refractivity contribution is 5.58. The molecule has 2 N–H and O–H groups in total. The molecule has 0 spiro atoms. The fourth-order valence-corrected chi connectivity index (χ4v) is 0.645. The van der Waals surface area contributed by atoms with E-state index in [0.717, 1.165) is 0 Å². The number of ether oxygens (including phenoxy) is 2. The van der Waals surface area contributed by atoms with E-state index >= 15 is 0 Å². The Hall–Kier alpha value is -1.46. The second-order valence-corrected chi connectivity index (χ2v) is 2.74. The quantitative estimate of drug-likeness (QED) is 0.654. The van der Waals surface area contributed by atoms with Crippen molar-refractivity contribution in [1.29, 1.82) is 0 Å². The fourth-order valence-electron chi connectivity index (χ4n) is 0.645. The number of hydrogen-bond donors (Lipinski definition) is 2. The molecule has 76 valence electrons. The van der Waals surface area contributed by atoms with Crippen LogP contribution in [0.25, 0.3) is 0 Å². The lowest BCUT2D eigenvalue weighted by Gasteiger charge is -2.18. The molecular formula is C7H12O6. The first-order chi connectivity index (χ1) is 5.93. The second kappa shape index (κ2) is 5.23. The van der Waals surface area contributed by atoms with Gasteiger partial charge in [0, 0.05) is 0 Å². The third-order valence-corrected chi connectivity index (χ3v) is 1.37. The smallest absolute Gasteiger partial charge is 0.450 e. The number of carboxylic acid groups (broad SMARTS) is 2. The maximum absolute atomic E-state index is 10.1. The summed E-state index contributed by atoms with van der Waals surface area (Å²) >= 11 is 0. The summed E-state index contributed by atoms with van der Waals surface area (Å²) in [5.74, 6) is -0.129. The van der Waals surface area contributed by atoms with Gasteiger partial charge in [-0.2, -0.15) is 0 Å². The summed E-state index contributed by atoms with van der Waals surface area (Å²) < 4.78 is 8.58. The van der Waals surface area contributed by atoms with Crippen LogP contribution in [0, 0.1) is 5.92 Å². The van der Waals surface area contributed by atoms with E-state index in [1.807, 2.05) is 0 Å². The Morgan fingerprint density at radius 2 is 1.77 bits per heavy atom. The van der Waals surface area contributed by atoms with Crippen molar-refractivity contribution in [3.05, 3.63) is 0 Å². The number of rotatable bonds is 4. The second-order valence-electron chi connectivity index (χ2n) is 2.74. The van der Waals surface area contributed by atoms with Crippen LogP contribution in [-0.2, 0) is 9.47 Å². The molecular weight excluding hydrogens is 180 g/mol. The standard InChI is InChI=1S/C7H12O6/c1-4(2)5(13-7(10)11)3-12-6(8)9/h4-5H,3H2,1-2H3,(H,8,9)(H,10,11). The van der Waals surface area contributed by atoms with Gasteiger partial charge in [-0.1, -0.05) is 13.8 Å². The molecule has 0 aliphatic carbocycles. The number of carbonyl (C=O) groups is 2. The average Bonchev–Trinajstić information content (AvgIpc) is 1.96. The van der Waals surface area contributed by atoms with E-state index in [1.165, 1.54) is 0 Å². The van der Waals surface area contributed by atoms with E-state index in [4.69, 9.17) is 10.2 Å². The van der Waals surface area contributed by atoms with Gasteiger partial charge in [0.05, 0.1) is 0 Å². The summed E-state index contributed by atoms with van der Waals surface area (Å²) in [6.07, 6.45) is -3.64. The minimum atomic E-state index is -1.44. The van der Waals surface area contributed by atoms with Crippen molar-refractivity contribution in [2.24, 2.45) is 5.92 Å². The van der Waals surface area contributed by atoms with E-state index in [9.17, 15) is 9.59 Å². The largest absolute Gasteiger partial charge is 0.506 e. The molecule has 6 heteroatoms. The van der Waals surface area contributed by atoms with Crippen LogP contribution < -0.4 is 0 Å². The van der Waals surface area contributed by atoms with Gasteiger partial charge >= 0.3 is 12.3 Å². The van der Waals surface area contributed by atoms with Crippen molar-refractivity contribution in [2.75, 3.05) is 6.61 Å². The molecule has 0 aliphatic heterocycles. The monoisotopic (exact) mass is 192 g/mol. The molecule has 1 atom stereocenters. The van der Waals surface area contributed by atoms with Gasteiger partial charge in [0.1, 0.15) is 12.7 Å². The van der Waals surface area contributed by atoms with E-state index in [-0.39, 0.29) is 12.5 Å². The highest BCUT2D eigenvalue weighted by Crippen LogP contribution is 2.07. The molecule has 0 radical (unpaired) electrons. The average molecular weight is 192 g/mol. The molecule has 0 rings (SSSR count). The molecule has 0 amide bonds. The molecule has 6 nitrogen and oxygen atoms in total. The third-order valence-electron chi connectivity index (χ3n) is 1.37. The van der Waals surface area contributed by atoms with Crippen molar-refractivity contribution in [1.82, 2.24) is 0 Å². The Morgan fingerprint density at radius 3 is 2.08 bits per heavy atom. The van der Waals surface area contributed by atoms with Crippen LogP contribution in [0.1, 0.15) is 13.8 Å². The Bertz CT molecular complexity index is 187. The topological polar surface area (TPSA) is 93.1 Å². The van der Waals surface area contributed by atoms with Crippen molar-refractivity contribution in [2.45, 2.75) is 20.0 Å². The molecule has 0 aromatic carbocycles. The predicted molar refractivity (Wildman–Crippen MR) is 41.7 cm³/mol. The van der Waals surface area contributed by atoms with E-state index in [1.54, 1.807) is 13.8 Å². The van der Waals surface area contributed by atoms with Crippen LogP contribution in [0.2, 0.25) is 0 Å². The Labute approximate surface area is 75.1 Å². The van der Waals surface area contributed by atoms with E-state index in [2.05, 4.69) is 9.47 Å². The Balaban J connectivity index is 3.95. The van der Waals surface area contributed by atoms with Gasteiger partial charge in [-0.05, 0) is 5.92 Å². The normalized spacial score (nSPS) is 12.2. The molecule has 0 fully saturated rings. The first-order valence-corrected chi connectivity index (χ1v) is 3.68. The van der Waals surface area contributed by atoms with Crippen molar-refractivity contribution in [3.8, 4) is 0 Å². The van der Waals surface area contributed by atoms with Gasteiger partial charge in [-0.25, -0.2) is 9.59 Å². The maximum Gasteiger partial charge on any atom is 0.506 e. The van der Waals surface area contributed by atoms with Crippen LogP contribution in [0.15, 0.2) is 0 Å². The van der Waals surface area contributed by atoms with Crippen LogP contribution in [0.3, 0.4) is 0 Å². The first kappa shape index (κ1) is 11.5. The summed E-state index contributed by atoms with van der Waals surface area (Å²) in [6.45, 7) is 3.14. The van der Waals surface area contributed by atoms with Gasteiger partial charge in [-0.3, -0.25) is 0 Å². The van der Waals surface area contributed by atoms with Crippen LogP contribution in [-0.4, -0.2) is 35.2 Å². The van der Waals surface area contributed by atoms with Gasteiger partial charge in [0.15, 0.2) is 0 Å². The third kappa shape index (κ3) is 5.77. The lowest BCUT2D eigenvalue weighted by molar-refractivity contribution is -0.0130. The summed E-state index contributed by atoms with van der Waals surface area (Å²) in [5.41, 5.74) is 0. The zero-order chi connectivity index (χ0) is 10.4. The molecule has 13 heavy (non-hydrogen) atoms. The van der Waals surface area contributed by atoms with E-state index < -0.39 is 18.4 Å². The Kier molecular flexibility index (Phi) is 4.64. The molecule has 0 saturated carbocycles. The first-order valence-electron chi connectivity index (χ1n) is 3.68. The fraction of sp³-hybridized carbons (Fsp3) is 0.714. The molecule has 1 unspecified atom stereocenters. The molecule has 0 aliphatic rings. The predicted octanol–water partition coefficient (Wildman–Crippen LogP) is 1.40. The van der Waals surface area contributed by atoms with Crippen molar-refractivity contribution >= 4 is 12.3 Å². The lowest BCUT2D eigenvalue weighted by Crippen LogP contribution is -2.28. The van der Waals surface area contributed by atoms with Crippen LogP contribution >= 0.6 is 0 Å². The summed E-state index contributed by atoms with van der Waals surface area (Å²) in [5, 5.41) is 16.4. The highest BCUT2D eigenvalue weighted by atomic mass is 16.7. The van der Waals surface area contributed by atoms with Crippen molar-refractivity contribution < 1.29 is 29.3 Å². The van der Waals surface area contributed by atoms with Gasteiger partial charge in [-0.15, -0.1) is 0 Å². The molecule has 0 aromatic rings. The molecule has 0 bridgehead atoms.